The number of hydrogen-bond donors (Lipinski definition) is 1. The van der Waals surface area contributed by atoms with E-state index in [-0.39, 0.29) is 31.1 Å². The number of Topliss-reactive ketones (excluding diaryl/α,β-unsaturated/α-hetero) is 1. The summed E-state index contributed by atoms with van der Waals surface area (Å²) in [4.78, 5) is 23.7. The first-order valence-electron chi connectivity index (χ1n) is 5.30. The number of aliphatic carboxylic acids is 1. The smallest absolute Gasteiger partial charge is 0.321 e. The van der Waals surface area contributed by atoms with Crippen molar-refractivity contribution in [3.05, 3.63) is 35.6 Å². The maximum Gasteiger partial charge on any atom is 0.321 e. The first-order valence-corrected chi connectivity index (χ1v) is 5.30. The molecular formula is C12H12FNO3. The lowest BCUT2D eigenvalue weighted by molar-refractivity contribution is -0.142. The number of carbonyl (C=O) groups is 2. The molecule has 0 bridgehead atoms. The van der Waals surface area contributed by atoms with Gasteiger partial charge in [-0.05, 0) is 6.07 Å². The minimum Gasteiger partial charge on any atom is -0.480 e. The number of carbonyl (C=O) groups excluding carboxylic acids is 1. The Labute approximate surface area is 97.7 Å². The molecule has 1 aliphatic heterocycles. The largest absolute Gasteiger partial charge is 0.480 e. The molecule has 1 aromatic carbocycles. The van der Waals surface area contributed by atoms with E-state index in [0.29, 0.717) is 5.56 Å². The molecule has 5 heteroatoms. The zero-order valence-electron chi connectivity index (χ0n) is 9.10. The summed E-state index contributed by atoms with van der Waals surface area (Å²) in [5, 5.41) is 8.96. The van der Waals surface area contributed by atoms with Gasteiger partial charge in [-0.2, -0.15) is 0 Å². The first kappa shape index (κ1) is 11.7. The maximum absolute atomic E-state index is 13.4. The summed E-state index contributed by atoms with van der Waals surface area (Å²) < 4.78 is 13.4. The topological polar surface area (TPSA) is 57.6 Å². The van der Waals surface area contributed by atoms with Crippen molar-refractivity contribution in [2.45, 2.75) is 19.0 Å². The van der Waals surface area contributed by atoms with Crippen LogP contribution < -0.4 is 0 Å². The SMILES string of the molecule is O=C1CC(C(=O)O)N(Cc2ccccc2F)C1. The van der Waals surface area contributed by atoms with Gasteiger partial charge in [-0.25, -0.2) is 4.39 Å². The molecule has 1 aromatic rings. The van der Waals surface area contributed by atoms with E-state index in [1.54, 1.807) is 18.2 Å². The van der Waals surface area contributed by atoms with Gasteiger partial charge in [0.1, 0.15) is 17.6 Å². The molecule has 90 valence electrons. The molecule has 0 amide bonds. The molecule has 1 atom stereocenters. The molecule has 1 fully saturated rings. The van der Waals surface area contributed by atoms with Crippen LogP contribution >= 0.6 is 0 Å². The van der Waals surface area contributed by atoms with Gasteiger partial charge in [0, 0.05) is 18.5 Å². The van der Waals surface area contributed by atoms with Crippen molar-refractivity contribution in [2.24, 2.45) is 0 Å². The van der Waals surface area contributed by atoms with Crippen molar-refractivity contribution in [1.82, 2.24) is 4.90 Å². The van der Waals surface area contributed by atoms with Gasteiger partial charge in [-0.1, -0.05) is 18.2 Å². The lowest BCUT2D eigenvalue weighted by Gasteiger charge is -2.20. The summed E-state index contributed by atoms with van der Waals surface area (Å²) in [7, 11) is 0. The molecule has 0 aromatic heterocycles. The van der Waals surface area contributed by atoms with Crippen LogP contribution in [0.2, 0.25) is 0 Å². The second-order valence-corrected chi connectivity index (χ2v) is 4.09. The fraction of sp³-hybridized carbons (Fsp3) is 0.333. The van der Waals surface area contributed by atoms with Gasteiger partial charge >= 0.3 is 5.97 Å². The number of likely N-dealkylation sites (tertiary alicyclic amines) is 1. The van der Waals surface area contributed by atoms with Crippen molar-refractivity contribution in [3.63, 3.8) is 0 Å². The number of carboxylic acid groups (broad SMARTS) is 1. The third kappa shape index (κ3) is 2.50. The van der Waals surface area contributed by atoms with E-state index in [1.807, 2.05) is 0 Å². The monoisotopic (exact) mass is 237 g/mol. The van der Waals surface area contributed by atoms with Gasteiger partial charge in [0.15, 0.2) is 0 Å². The predicted octanol–water partition coefficient (Wildman–Crippen LogP) is 1.05. The van der Waals surface area contributed by atoms with Crippen LogP contribution in [0.1, 0.15) is 12.0 Å². The van der Waals surface area contributed by atoms with E-state index in [9.17, 15) is 14.0 Å². The van der Waals surface area contributed by atoms with Crippen molar-refractivity contribution in [1.29, 1.82) is 0 Å². The van der Waals surface area contributed by atoms with Crippen molar-refractivity contribution < 1.29 is 19.1 Å². The highest BCUT2D eigenvalue weighted by atomic mass is 19.1. The summed E-state index contributed by atoms with van der Waals surface area (Å²) in [5.41, 5.74) is 0.411. The molecule has 2 rings (SSSR count). The number of rotatable bonds is 3. The molecule has 0 saturated carbocycles. The van der Waals surface area contributed by atoms with Crippen LogP contribution in [-0.4, -0.2) is 34.3 Å². The zero-order chi connectivity index (χ0) is 12.4. The van der Waals surface area contributed by atoms with Crippen LogP contribution in [-0.2, 0) is 16.1 Å². The van der Waals surface area contributed by atoms with Gasteiger partial charge in [-0.3, -0.25) is 14.5 Å². The summed E-state index contributed by atoms with van der Waals surface area (Å²) in [6, 6.07) is 5.34. The molecule has 0 spiro atoms. The number of ketones is 1. The van der Waals surface area contributed by atoms with Gasteiger partial charge in [0.05, 0.1) is 6.54 Å². The Morgan fingerprint density at radius 3 is 2.82 bits per heavy atom. The Kier molecular flexibility index (Phi) is 3.19. The quantitative estimate of drug-likeness (QED) is 0.853. The van der Waals surface area contributed by atoms with Crippen LogP contribution in [0.3, 0.4) is 0 Å². The summed E-state index contributed by atoms with van der Waals surface area (Å²) >= 11 is 0. The van der Waals surface area contributed by atoms with Crippen LogP contribution in [0.4, 0.5) is 4.39 Å². The van der Waals surface area contributed by atoms with Gasteiger partial charge in [-0.15, -0.1) is 0 Å². The highest BCUT2D eigenvalue weighted by molar-refractivity contribution is 5.90. The van der Waals surface area contributed by atoms with E-state index in [0.717, 1.165) is 0 Å². The van der Waals surface area contributed by atoms with E-state index in [4.69, 9.17) is 5.11 Å². The molecule has 0 radical (unpaired) electrons. The van der Waals surface area contributed by atoms with E-state index >= 15 is 0 Å². The van der Waals surface area contributed by atoms with Crippen molar-refractivity contribution in [3.8, 4) is 0 Å². The van der Waals surface area contributed by atoms with Crippen LogP contribution in [0, 0.1) is 5.82 Å². The van der Waals surface area contributed by atoms with Crippen molar-refractivity contribution >= 4 is 11.8 Å². The Hall–Kier alpha value is -1.75. The average Bonchev–Trinajstić information content (AvgIpc) is 2.63. The molecule has 4 nitrogen and oxygen atoms in total. The van der Waals surface area contributed by atoms with E-state index in [1.165, 1.54) is 11.0 Å². The standard InChI is InChI=1S/C12H12FNO3/c13-10-4-2-1-3-8(10)6-14-7-9(15)5-11(14)12(16)17/h1-4,11H,5-7H2,(H,16,17). The van der Waals surface area contributed by atoms with Crippen LogP contribution in [0.15, 0.2) is 24.3 Å². The molecular weight excluding hydrogens is 225 g/mol. The number of nitrogens with zero attached hydrogens (tertiary/aromatic N) is 1. The lowest BCUT2D eigenvalue weighted by Crippen LogP contribution is -2.35. The minimum absolute atomic E-state index is 0.00376. The molecule has 17 heavy (non-hydrogen) atoms. The van der Waals surface area contributed by atoms with Gasteiger partial charge in [0.25, 0.3) is 0 Å². The van der Waals surface area contributed by atoms with E-state index < -0.39 is 12.0 Å². The highest BCUT2D eigenvalue weighted by Gasteiger charge is 2.35. The Morgan fingerprint density at radius 1 is 1.47 bits per heavy atom. The Bertz CT molecular complexity index is 461. The van der Waals surface area contributed by atoms with Crippen LogP contribution in [0.5, 0.6) is 0 Å². The Morgan fingerprint density at radius 2 is 2.18 bits per heavy atom. The van der Waals surface area contributed by atoms with Gasteiger partial charge < -0.3 is 5.11 Å². The second-order valence-electron chi connectivity index (χ2n) is 4.09. The number of benzene rings is 1. The average molecular weight is 237 g/mol. The molecule has 1 unspecified atom stereocenters. The third-order valence-electron chi connectivity index (χ3n) is 2.86. The summed E-state index contributed by atoms with van der Waals surface area (Å²) in [5.74, 6) is -1.53. The van der Waals surface area contributed by atoms with Crippen molar-refractivity contribution in [2.75, 3.05) is 6.54 Å². The minimum atomic E-state index is -1.04. The normalized spacial score (nSPS) is 20.8. The summed E-state index contributed by atoms with van der Waals surface area (Å²) in [6.07, 6.45) is 0.00376. The van der Waals surface area contributed by atoms with E-state index in [2.05, 4.69) is 0 Å². The molecule has 1 heterocycles. The Balaban J connectivity index is 2.15. The predicted molar refractivity (Wildman–Crippen MR) is 57.9 cm³/mol. The fourth-order valence-electron chi connectivity index (χ4n) is 2.00. The highest BCUT2D eigenvalue weighted by Crippen LogP contribution is 2.19. The third-order valence-corrected chi connectivity index (χ3v) is 2.86. The first-order chi connectivity index (χ1) is 8.08. The molecule has 1 aliphatic rings. The number of hydrogen-bond acceptors (Lipinski definition) is 3. The van der Waals surface area contributed by atoms with Crippen LogP contribution in [0.25, 0.3) is 0 Å². The number of carboxylic acids is 1. The molecule has 0 aliphatic carbocycles. The zero-order valence-corrected chi connectivity index (χ0v) is 9.10. The fourth-order valence-corrected chi connectivity index (χ4v) is 2.00. The molecule has 1 N–H and O–H groups in total. The molecule has 1 saturated heterocycles. The van der Waals surface area contributed by atoms with Gasteiger partial charge in [0.2, 0.25) is 0 Å². The summed E-state index contributed by atoms with van der Waals surface area (Å²) in [6.45, 7) is 0.223. The maximum atomic E-state index is 13.4. The lowest BCUT2D eigenvalue weighted by atomic mass is 10.1. The number of halogens is 1. The second kappa shape index (κ2) is 4.63.